The van der Waals surface area contributed by atoms with Crippen LogP contribution in [-0.4, -0.2) is 30.7 Å². The Labute approximate surface area is 98.9 Å². The van der Waals surface area contributed by atoms with Gasteiger partial charge in [0.25, 0.3) is 0 Å². The van der Waals surface area contributed by atoms with Crippen LogP contribution in [0.25, 0.3) is 0 Å². The lowest BCUT2D eigenvalue weighted by Crippen LogP contribution is -2.44. The number of nitrogens with one attached hydrogen (secondary N) is 1. The van der Waals surface area contributed by atoms with Gasteiger partial charge < -0.3 is 15.8 Å². The zero-order valence-corrected chi connectivity index (χ0v) is 11.2. The van der Waals surface area contributed by atoms with Crippen LogP contribution < -0.4 is 11.1 Å². The molecule has 0 aliphatic carbocycles. The van der Waals surface area contributed by atoms with Crippen molar-refractivity contribution in [3.05, 3.63) is 0 Å². The van der Waals surface area contributed by atoms with E-state index in [9.17, 15) is 4.79 Å². The average Bonchev–Trinajstić information content (AvgIpc) is 2.22. The molecule has 0 aromatic carbocycles. The SMILES string of the molecule is CCC(C)(N)COC(C)C(=O)NCC(C)C. The molecule has 96 valence electrons. The summed E-state index contributed by atoms with van der Waals surface area (Å²) in [5.41, 5.74) is 5.58. The molecule has 0 heterocycles. The second-order valence-corrected chi connectivity index (χ2v) is 5.10. The molecule has 0 fully saturated rings. The van der Waals surface area contributed by atoms with Crippen LogP contribution in [0.1, 0.15) is 41.0 Å². The quantitative estimate of drug-likeness (QED) is 0.692. The first-order valence-corrected chi connectivity index (χ1v) is 5.96. The monoisotopic (exact) mass is 230 g/mol. The highest BCUT2D eigenvalue weighted by Crippen LogP contribution is 2.06. The molecular weight excluding hydrogens is 204 g/mol. The molecule has 0 saturated carbocycles. The number of ether oxygens (including phenoxy) is 1. The molecule has 0 rings (SSSR count). The Morgan fingerprint density at radius 2 is 2.00 bits per heavy atom. The largest absolute Gasteiger partial charge is 0.367 e. The smallest absolute Gasteiger partial charge is 0.248 e. The van der Waals surface area contributed by atoms with Crippen LogP contribution in [0.3, 0.4) is 0 Å². The molecule has 0 aromatic heterocycles. The van der Waals surface area contributed by atoms with E-state index in [0.717, 1.165) is 6.42 Å². The lowest BCUT2D eigenvalue weighted by Gasteiger charge is -2.24. The molecule has 0 aliphatic heterocycles. The molecule has 2 unspecified atom stereocenters. The van der Waals surface area contributed by atoms with Crippen molar-refractivity contribution in [1.29, 1.82) is 0 Å². The van der Waals surface area contributed by atoms with Crippen LogP contribution >= 0.6 is 0 Å². The van der Waals surface area contributed by atoms with Gasteiger partial charge in [0.15, 0.2) is 0 Å². The lowest BCUT2D eigenvalue weighted by molar-refractivity contribution is -0.132. The minimum absolute atomic E-state index is 0.0689. The van der Waals surface area contributed by atoms with Gasteiger partial charge in [0, 0.05) is 12.1 Å². The number of amides is 1. The molecule has 16 heavy (non-hydrogen) atoms. The Morgan fingerprint density at radius 1 is 1.44 bits per heavy atom. The summed E-state index contributed by atoms with van der Waals surface area (Å²) < 4.78 is 5.45. The van der Waals surface area contributed by atoms with Gasteiger partial charge >= 0.3 is 0 Å². The number of nitrogens with two attached hydrogens (primary N) is 1. The van der Waals surface area contributed by atoms with Crippen molar-refractivity contribution in [2.24, 2.45) is 11.7 Å². The predicted octanol–water partition coefficient (Wildman–Crippen LogP) is 1.29. The number of carbonyl (C=O) groups is 1. The van der Waals surface area contributed by atoms with Crippen molar-refractivity contribution < 1.29 is 9.53 Å². The molecule has 1 amide bonds. The van der Waals surface area contributed by atoms with Crippen molar-refractivity contribution in [2.45, 2.75) is 52.7 Å². The fraction of sp³-hybridized carbons (Fsp3) is 0.917. The third-order valence-electron chi connectivity index (χ3n) is 2.52. The van der Waals surface area contributed by atoms with Crippen molar-refractivity contribution >= 4 is 5.91 Å². The van der Waals surface area contributed by atoms with E-state index in [1.54, 1.807) is 6.92 Å². The molecule has 4 nitrogen and oxygen atoms in total. The molecule has 0 spiro atoms. The third kappa shape index (κ3) is 6.80. The van der Waals surface area contributed by atoms with E-state index in [1.807, 2.05) is 13.8 Å². The molecule has 0 bridgehead atoms. The molecule has 3 N–H and O–H groups in total. The molecule has 0 radical (unpaired) electrons. The summed E-state index contributed by atoms with van der Waals surface area (Å²) in [5.74, 6) is 0.382. The first-order valence-electron chi connectivity index (χ1n) is 5.96. The van der Waals surface area contributed by atoms with Crippen molar-refractivity contribution in [2.75, 3.05) is 13.2 Å². The topological polar surface area (TPSA) is 64.3 Å². The normalized spacial score (nSPS) is 16.9. The maximum atomic E-state index is 11.6. The van der Waals surface area contributed by atoms with Gasteiger partial charge in [-0.05, 0) is 26.2 Å². The Kier molecular flexibility index (Phi) is 6.60. The van der Waals surface area contributed by atoms with E-state index in [2.05, 4.69) is 19.2 Å². The van der Waals surface area contributed by atoms with Gasteiger partial charge in [-0.25, -0.2) is 0 Å². The van der Waals surface area contributed by atoms with Crippen molar-refractivity contribution in [3.63, 3.8) is 0 Å². The van der Waals surface area contributed by atoms with E-state index in [-0.39, 0.29) is 11.4 Å². The van der Waals surface area contributed by atoms with E-state index in [1.165, 1.54) is 0 Å². The standard InChI is InChI=1S/C12H26N2O2/c1-6-12(5,13)8-16-10(4)11(15)14-7-9(2)3/h9-10H,6-8,13H2,1-5H3,(H,14,15). The minimum atomic E-state index is -0.437. The summed E-state index contributed by atoms with van der Waals surface area (Å²) in [5, 5.41) is 2.83. The number of hydrogen-bond acceptors (Lipinski definition) is 3. The van der Waals surface area contributed by atoms with Gasteiger partial charge in [0.2, 0.25) is 5.91 Å². The van der Waals surface area contributed by atoms with E-state index in [4.69, 9.17) is 10.5 Å². The van der Waals surface area contributed by atoms with Crippen LogP contribution in [0, 0.1) is 5.92 Å². The first kappa shape index (κ1) is 15.4. The highest BCUT2D eigenvalue weighted by molar-refractivity contribution is 5.80. The van der Waals surface area contributed by atoms with Gasteiger partial charge in [-0.15, -0.1) is 0 Å². The summed E-state index contributed by atoms with van der Waals surface area (Å²) in [7, 11) is 0. The van der Waals surface area contributed by atoms with E-state index >= 15 is 0 Å². The summed E-state index contributed by atoms with van der Waals surface area (Å²) in [6.45, 7) is 10.9. The lowest BCUT2D eigenvalue weighted by atomic mass is 10.0. The average molecular weight is 230 g/mol. The van der Waals surface area contributed by atoms with Crippen LogP contribution in [0.4, 0.5) is 0 Å². The number of rotatable bonds is 7. The minimum Gasteiger partial charge on any atom is -0.367 e. The van der Waals surface area contributed by atoms with Crippen molar-refractivity contribution in [1.82, 2.24) is 5.32 Å². The Balaban J connectivity index is 3.88. The second kappa shape index (κ2) is 6.86. The molecule has 4 heteroatoms. The van der Waals surface area contributed by atoms with Gasteiger partial charge in [0.05, 0.1) is 6.61 Å². The highest BCUT2D eigenvalue weighted by Gasteiger charge is 2.20. The summed E-state index contributed by atoms with van der Waals surface area (Å²) in [6, 6.07) is 0. The van der Waals surface area contributed by atoms with Crippen LogP contribution in [0.5, 0.6) is 0 Å². The molecule has 2 atom stereocenters. The van der Waals surface area contributed by atoms with E-state index in [0.29, 0.717) is 19.1 Å². The summed E-state index contributed by atoms with van der Waals surface area (Å²) >= 11 is 0. The number of carbonyl (C=O) groups excluding carboxylic acids is 1. The Hall–Kier alpha value is -0.610. The van der Waals surface area contributed by atoms with Crippen molar-refractivity contribution in [3.8, 4) is 0 Å². The predicted molar refractivity (Wildman–Crippen MR) is 66.1 cm³/mol. The third-order valence-corrected chi connectivity index (χ3v) is 2.52. The summed E-state index contributed by atoms with van der Waals surface area (Å²) in [4.78, 5) is 11.6. The fourth-order valence-corrected chi connectivity index (χ4v) is 0.942. The maximum Gasteiger partial charge on any atom is 0.248 e. The Bertz CT molecular complexity index is 215. The second-order valence-electron chi connectivity index (χ2n) is 5.10. The van der Waals surface area contributed by atoms with Crippen LogP contribution in [-0.2, 0) is 9.53 Å². The molecule has 0 aliphatic rings. The number of hydrogen-bond donors (Lipinski definition) is 2. The van der Waals surface area contributed by atoms with Gasteiger partial charge in [-0.2, -0.15) is 0 Å². The van der Waals surface area contributed by atoms with Crippen LogP contribution in [0.15, 0.2) is 0 Å². The van der Waals surface area contributed by atoms with Gasteiger partial charge in [-0.3, -0.25) is 4.79 Å². The molecule has 0 saturated heterocycles. The Morgan fingerprint density at radius 3 is 2.44 bits per heavy atom. The van der Waals surface area contributed by atoms with Gasteiger partial charge in [0.1, 0.15) is 6.10 Å². The first-order chi connectivity index (χ1) is 7.28. The van der Waals surface area contributed by atoms with Gasteiger partial charge in [-0.1, -0.05) is 20.8 Å². The zero-order valence-electron chi connectivity index (χ0n) is 11.2. The fourth-order valence-electron chi connectivity index (χ4n) is 0.942. The molecule has 0 aromatic rings. The zero-order chi connectivity index (χ0) is 12.8. The van der Waals surface area contributed by atoms with Crippen LogP contribution in [0.2, 0.25) is 0 Å². The molecular formula is C12H26N2O2. The van der Waals surface area contributed by atoms with E-state index < -0.39 is 6.10 Å². The summed E-state index contributed by atoms with van der Waals surface area (Å²) in [6.07, 6.45) is 0.390. The highest BCUT2D eigenvalue weighted by atomic mass is 16.5. The maximum absolute atomic E-state index is 11.6.